The molecule has 0 radical (unpaired) electrons. The van der Waals surface area contributed by atoms with Crippen LogP contribution in [0.5, 0.6) is 0 Å². The monoisotopic (exact) mass is 301 g/mol. The second-order valence-corrected chi connectivity index (χ2v) is 5.59. The van der Waals surface area contributed by atoms with Crippen molar-refractivity contribution in [3.63, 3.8) is 0 Å². The summed E-state index contributed by atoms with van der Waals surface area (Å²) >= 11 is 12.0. The summed E-state index contributed by atoms with van der Waals surface area (Å²) in [6, 6.07) is 6.26. The Morgan fingerprint density at radius 3 is 2.68 bits per heavy atom. The number of anilines is 1. The van der Waals surface area contributed by atoms with Crippen molar-refractivity contribution in [1.29, 1.82) is 0 Å². The highest BCUT2D eigenvalue weighted by molar-refractivity contribution is 6.42. The van der Waals surface area contributed by atoms with Crippen molar-refractivity contribution in [3.05, 3.63) is 28.2 Å². The number of hydrogen-bond donors (Lipinski definition) is 1. The smallest absolute Gasteiger partial charge is 0.282 e. The van der Waals surface area contributed by atoms with Crippen LogP contribution in [0.4, 0.5) is 5.69 Å². The van der Waals surface area contributed by atoms with Crippen LogP contribution in [-0.4, -0.2) is 31.3 Å². The molecule has 4 nitrogen and oxygen atoms in total. The predicted molar refractivity (Wildman–Crippen MR) is 80.3 cm³/mol. The van der Waals surface area contributed by atoms with Crippen LogP contribution < -0.4 is 10.6 Å². The van der Waals surface area contributed by atoms with Gasteiger partial charge in [-0.25, -0.2) is 4.99 Å². The highest BCUT2D eigenvalue weighted by Crippen LogP contribution is 2.28. The molecule has 2 rings (SSSR count). The summed E-state index contributed by atoms with van der Waals surface area (Å²) in [5.74, 6) is 0. The topological polar surface area (TPSA) is 50.9 Å². The molecule has 1 aliphatic rings. The van der Waals surface area contributed by atoms with Crippen molar-refractivity contribution in [2.24, 2.45) is 10.7 Å². The molecule has 0 bridgehead atoms. The minimum absolute atomic E-state index is 0.0526. The third kappa shape index (κ3) is 3.45. The summed E-state index contributed by atoms with van der Waals surface area (Å²) in [4.78, 5) is 6.45. The van der Waals surface area contributed by atoms with E-state index in [-0.39, 0.29) is 12.1 Å². The molecule has 0 saturated carbocycles. The lowest BCUT2D eigenvalue weighted by Gasteiger charge is -2.30. The van der Waals surface area contributed by atoms with Gasteiger partial charge in [0.15, 0.2) is 0 Å². The van der Waals surface area contributed by atoms with Gasteiger partial charge in [-0.1, -0.05) is 23.2 Å². The first kappa shape index (κ1) is 14.3. The Bertz CT molecular complexity index is 491. The molecule has 1 aliphatic heterocycles. The number of rotatable bonds is 4. The number of amidine groups is 1. The van der Waals surface area contributed by atoms with Crippen molar-refractivity contribution >= 4 is 34.9 Å². The number of aliphatic imine (C=N–C) groups is 1. The minimum atomic E-state index is 0.0526. The maximum atomic E-state index is 6.07. The average Bonchev–Trinajstić information content (AvgIpc) is 2.75. The molecule has 0 unspecified atom stereocenters. The molecule has 0 saturated heterocycles. The van der Waals surface area contributed by atoms with Gasteiger partial charge in [-0.3, -0.25) is 0 Å². The van der Waals surface area contributed by atoms with Crippen LogP contribution in [0.15, 0.2) is 23.2 Å². The Labute approximate surface area is 123 Å². The Morgan fingerprint density at radius 1 is 1.42 bits per heavy atom. The second-order valence-electron chi connectivity index (χ2n) is 4.78. The molecular weight excluding hydrogens is 285 g/mol. The molecule has 1 atom stereocenters. The first-order valence-corrected chi connectivity index (χ1v) is 6.90. The fourth-order valence-corrected chi connectivity index (χ4v) is 2.33. The van der Waals surface area contributed by atoms with Gasteiger partial charge in [-0.2, -0.15) is 0 Å². The number of nitrogens with two attached hydrogens (primary N) is 1. The third-order valence-electron chi connectivity index (χ3n) is 3.00. The van der Waals surface area contributed by atoms with Crippen LogP contribution >= 0.6 is 23.2 Å². The first-order chi connectivity index (χ1) is 8.97. The molecule has 1 aromatic rings. The molecule has 0 aliphatic carbocycles. The standard InChI is InChI=1S/C13H17Cl2N3O/c1-8(2)18(6-9-7-19-13(16)17-9)10-3-4-11(14)12(15)5-10/h3-5,8-9H,6-7H2,1-2H3,(H2,16,17)/t9-/m1/s1. The zero-order chi connectivity index (χ0) is 14.0. The van der Waals surface area contributed by atoms with Gasteiger partial charge in [-0.05, 0) is 32.0 Å². The van der Waals surface area contributed by atoms with Crippen molar-refractivity contribution < 1.29 is 4.74 Å². The molecule has 1 aromatic carbocycles. The fraction of sp³-hybridized carbons (Fsp3) is 0.462. The second kappa shape index (κ2) is 5.88. The van der Waals surface area contributed by atoms with Gasteiger partial charge in [0, 0.05) is 18.3 Å². The van der Waals surface area contributed by atoms with Gasteiger partial charge in [0.25, 0.3) is 6.02 Å². The molecule has 6 heteroatoms. The van der Waals surface area contributed by atoms with Crippen LogP contribution in [0.1, 0.15) is 13.8 Å². The summed E-state index contributed by atoms with van der Waals surface area (Å²) in [5.41, 5.74) is 6.55. The van der Waals surface area contributed by atoms with Gasteiger partial charge < -0.3 is 15.4 Å². The van der Waals surface area contributed by atoms with Gasteiger partial charge in [0.1, 0.15) is 12.6 Å². The SMILES string of the molecule is CC(C)N(C[C@@H]1COC(N)=N1)c1ccc(Cl)c(Cl)c1. The van der Waals surface area contributed by atoms with Crippen molar-refractivity contribution in [2.45, 2.75) is 25.9 Å². The Balaban J connectivity index is 2.17. The lowest BCUT2D eigenvalue weighted by atomic mass is 10.2. The average molecular weight is 302 g/mol. The summed E-state index contributed by atoms with van der Waals surface area (Å²) in [5, 5.41) is 1.11. The quantitative estimate of drug-likeness (QED) is 0.930. The molecule has 1 heterocycles. The zero-order valence-corrected chi connectivity index (χ0v) is 12.4. The van der Waals surface area contributed by atoms with E-state index >= 15 is 0 Å². The van der Waals surface area contributed by atoms with E-state index in [0.29, 0.717) is 22.7 Å². The van der Waals surface area contributed by atoms with Gasteiger partial charge in [-0.15, -0.1) is 0 Å². The maximum Gasteiger partial charge on any atom is 0.282 e. The predicted octanol–water partition coefficient (Wildman–Crippen LogP) is 2.92. The molecule has 2 N–H and O–H groups in total. The highest BCUT2D eigenvalue weighted by atomic mass is 35.5. The third-order valence-corrected chi connectivity index (χ3v) is 3.74. The number of hydrogen-bond acceptors (Lipinski definition) is 4. The van der Waals surface area contributed by atoms with Crippen molar-refractivity contribution in [3.8, 4) is 0 Å². The van der Waals surface area contributed by atoms with Crippen molar-refractivity contribution in [2.75, 3.05) is 18.1 Å². The molecule has 0 amide bonds. The Morgan fingerprint density at radius 2 is 2.16 bits per heavy atom. The summed E-state index contributed by atoms with van der Waals surface area (Å²) in [7, 11) is 0. The van der Waals surface area contributed by atoms with Gasteiger partial charge in [0.2, 0.25) is 0 Å². The largest absolute Gasteiger partial charge is 0.463 e. The molecule has 104 valence electrons. The summed E-state index contributed by atoms with van der Waals surface area (Å²) < 4.78 is 5.18. The minimum Gasteiger partial charge on any atom is -0.463 e. The highest BCUT2D eigenvalue weighted by Gasteiger charge is 2.22. The maximum absolute atomic E-state index is 6.07. The Hall–Kier alpha value is -1.13. The number of halogens is 2. The van der Waals surface area contributed by atoms with E-state index in [1.807, 2.05) is 12.1 Å². The normalized spacial score (nSPS) is 18.4. The van der Waals surface area contributed by atoms with E-state index in [0.717, 1.165) is 12.2 Å². The van der Waals surface area contributed by atoms with E-state index < -0.39 is 0 Å². The Kier molecular flexibility index (Phi) is 4.42. The van der Waals surface area contributed by atoms with Gasteiger partial charge in [0.05, 0.1) is 10.0 Å². The van der Waals surface area contributed by atoms with Crippen LogP contribution in [0.2, 0.25) is 10.0 Å². The number of ether oxygens (including phenoxy) is 1. The lowest BCUT2D eigenvalue weighted by molar-refractivity contribution is 0.312. The zero-order valence-electron chi connectivity index (χ0n) is 10.9. The lowest BCUT2D eigenvalue weighted by Crippen LogP contribution is -2.37. The van der Waals surface area contributed by atoms with E-state index in [1.54, 1.807) is 6.07 Å². The van der Waals surface area contributed by atoms with Crippen LogP contribution in [-0.2, 0) is 4.74 Å². The molecular formula is C13H17Cl2N3O. The first-order valence-electron chi connectivity index (χ1n) is 6.15. The van der Waals surface area contributed by atoms with Crippen LogP contribution in [0, 0.1) is 0 Å². The molecule has 0 spiro atoms. The van der Waals surface area contributed by atoms with E-state index in [4.69, 9.17) is 33.7 Å². The molecule has 0 aromatic heterocycles. The molecule has 19 heavy (non-hydrogen) atoms. The van der Waals surface area contributed by atoms with E-state index in [1.165, 1.54) is 0 Å². The summed E-state index contributed by atoms with van der Waals surface area (Å²) in [6.07, 6.45) is 0. The van der Waals surface area contributed by atoms with E-state index in [9.17, 15) is 0 Å². The summed E-state index contributed by atoms with van der Waals surface area (Å²) in [6.45, 7) is 5.49. The van der Waals surface area contributed by atoms with E-state index in [2.05, 4.69) is 23.7 Å². The number of benzene rings is 1. The van der Waals surface area contributed by atoms with Crippen molar-refractivity contribution in [1.82, 2.24) is 0 Å². The van der Waals surface area contributed by atoms with Gasteiger partial charge >= 0.3 is 0 Å². The molecule has 0 fully saturated rings. The van der Waals surface area contributed by atoms with Crippen LogP contribution in [0.3, 0.4) is 0 Å². The number of nitrogens with zero attached hydrogens (tertiary/aromatic N) is 2. The fourth-order valence-electron chi connectivity index (χ4n) is 2.03. The van der Waals surface area contributed by atoms with Crippen LogP contribution in [0.25, 0.3) is 0 Å².